The number of alkyl halides is 1. The highest BCUT2D eigenvalue weighted by molar-refractivity contribution is 6.17. The molecule has 1 aromatic rings. The molecule has 0 saturated heterocycles. The van der Waals surface area contributed by atoms with Crippen LogP contribution in [0.2, 0.25) is 0 Å². The van der Waals surface area contributed by atoms with Crippen LogP contribution < -0.4 is 4.74 Å². The van der Waals surface area contributed by atoms with Crippen molar-refractivity contribution in [1.82, 2.24) is 0 Å². The van der Waals surface area contributed by atoms with Gasteiger partial charge in [-0.1, -0.05) is 26.0 Å². The van der Waals surface area contributed by atoms with Crippen molar-refractivity contribution in [3.05, 3.63) is 29.8 Å². The van der Waals surface area contributed by atoms with E-state index in [0.717, 1.165) is 12.2 Å². The molecular weight excluding hydrogens is 236 g/mol. The fourth-order valence-corrected chi connectivity index (χ4v) is 1.61. The first-order valence-electron chi connectivity index (χ1n) is 6.14. The first-order valence-corrected chi connectivity index (χ1v) is 6.67. The van der Waals surface area contributed by atoms with E-state index in [1.807, 2.05) is 12.1 Å². The fourth-order valence-electron chi connectivity index (χ4n) is 1.50. The second-order valence-corrected chi connectivity index (χ2v) is 4.41. The van der Waals surface area contributed by atoms with Gasteiger partial charge in [0.15, 0.2) is 0 Å². The maximum atomic E-state index is 5.55. The number of benzene rings is 1. The summed E-state index contributed by atoms with van der Waals surface area (Å²) in [7, 11) is 0. The number of hydrogen-bond donors (Lipinski definition) is 0. The lowest BCUT2D eigenvalue weighted by molar-refractivity contribution is 0.111. The van der Waals surface area contributed by atoms with Crippen LogP contribution >= 0.6 is 11.6 Å². The third kappa shape index (κ3) is 5.42. The van der Waals surface area contributed by atoms with Gasteiger partial charge in [-0.25, -0.2) is 0 Å². The van der Waals surface area contributed by atoms with Crippen LogP contribution in [0.3, 0.4) is 0 Å². The molecule has 0 amide bonds. The van der Waals surface area contributed by atoms with Crippen LogP contribution in [-0.4, -0.2) is 25.7 Å². The Hall–Kier alpha value is -0.730. The number of halogens is 1. The van der Waals surface area contributed by atoms with Gasteiger partial charge in [0.2, 0.25) is 0 Å². The fraction of sp³-hybridized carbons (Fsp3) is 0.571. The lowest BCUT2D eigenvalue weighted by atomic mass is 9.99. The second kappa shape index (κ2) is 8.37. The molecule has 0 heterocycles. The molecule has 0 saturated carbocycles. The topological polar surface area (TPSA) is 18.5 Å². The largest absolute Gasteiger partial charge is 0.491 e. The van der Waals surface area contributed by atoms with Crippen molar-refractivity contribution in [3.63, 3.8) is 0 Å². The van der Waals surface area contributed by atoms with Crippen LogP contribution in [0.5, 0.6) is 5.75 Å². The van der Waals surface area contributed by atoms with Crippen molar-refractivity contribution < 1.29 is 9.47 Å². The molecule has 0 N–H and O–H groups in total. The molecule has 3 heteroatoms. The summed E-state index contributed by atoms with van der Waals surface area (Å²) in [6.07, 6.45) is 1.16. The number of hydrogen-bond acceptors (Lipinski definition) is 2. The summed E-state index contributed by atoms with van der Waals surface area (Å²) >= 11 is 5.49. The summed E-state index contributed by atoms with van der Waals surface area (Å²) < 4.78 is 10.8. The predicted molar refractivity (Wildman–Crippen MR) is 72.2 cm³/mol. The zero-order chi connectivity index (χ0) is 12.5. The van der Waals surface area contributed by atoms with Gasteiger partial charge in [0.05, 0.1) is 13.2 Å². The van der Waals surface area contributed by atoms with E-state index in [1.165, 1.54) is 5.56 Å². The number of rotatable bonds is 8. The molecule has 2 nitrogen and oxygen atoms in total. The van der Waals surface area contributed by atoms with E-state index in [4.69, 9.17) is 21.1 Å². The van der Waals surface area contributed by atoms with Gasteiger partial charge in [-0.3, -0.25) is 0 Å². The average Bonchev–Trinajstić information content (AvgIpc) is 2.38. The van der Waals surface area contributed by atoms with Gasteiger partial charge >= 0.3 is 0 Å². The molecule has 17 heavy (non-hydrogen) atoms. The van der Waals surface area contributed by atoms with Crippen LogP contribution in [0, 0.1) is 0 Å². The van der Waals surface area contributed by atoms with E-state index in [-0.39, 0.29) is 0 Å². The molecule has 0 aliphatic heterocycles. The normalized spacial score (nSPS) is 12.4. The van der Waals surface area contributed by atoms with Crippen LogP contribution in [0.4, 0.5) is 0 Å². The van der Waals surface area contributed by atoms with Crippen molar-refractivity contribution in [2.75, 3.05) is 25.7 Å². The Bertz CT molecular complexity index is 298. The number of ether oxygens (including phenoxy) is 2. The monoisotopic (exact) mass is 256 g/mol. The Morgan fingerprint density at radius 1 is 1.12 bits per heavy atom. The van der Waals surface area contributed by atoms with Crippen molar-refractivity contribution >= 4 is 11.6 Å². The zero-order valence-electron chi connectivity index (χ0n) is 10.6. The van der Waals surface area contributed by atoms with Crippen molar-refractivity contribution in [3.8, 4) is 5.75 Å². The third-order valence-electron chi connectivity index (χ3n) is 2.78. The standard InChI is InChI=1S/C14H21ClO2/c1-3-12(2)13-4-6-14(7-5-13)17-11-10-16-9-8-15/h4-7,12H,3,8-11H2,1-2H3. The molecule has 0 aromatic heterocycles. The molecule has 0 aliphatic carbocycles. The Labute approximate surface area is 109 Å². The summed E-state index contributed by atoms with van der Waals surface area (Å²) in [4.78, 5) is 0. The lowest BCUT2D eigenvalue weighted by Crippen LogP contribution is -2.08. The van der Waals surface area contributed by atoms with E-state index in [2.05, 4.69) is 26.0 Å². The molecule has 0 fully saturated rings. The summed E-state index contributed by atoms with van der Waals surface area (Å²) in [6.45, 7) is 6.16. The van der Waals surface area contributed by atoms with Crippen LogP contribution in [0.1, 0.15) is 31.7 Å². The minimum Gasteiger partial charge on any atom is -0.491 e. The highest BCUT2D eigenvalue weighted by Crippen LogP contribution is 2.21. The van der Waals surface area contributed by atoms with E-state index in [9.17, 15) is 0 Å². The molecule has 0 spiro atoms. The maximum Gasteiger partial charge on any atom is 0.119 e. The van der Waals surface area contributed by atoms with Crippen molar-refractivity contribution in [1.29, 1.82) is 0 Å². The Balaban J connectivity index is 2.30. The molecule has 1 aromatic carbocycles. The lowest BCUT2D eigenvalue weighted by Gasteiger charge is -2.10. The smallest absolute Gasteiger partial charge is 0.119 e. The summed E-state index contributed by atoms with van der Waals surface area (Å²) in [5.74, 6) is 2.03. The van der Waals surface area contributed by atoms with Gasteiger partial charge in [-0.2, -0.15) is 0 Å². The van der Waals surface area contributed by atoms with Crippen molar-refractivity contribution in [2.45, 2.75) is 26.2 Å². The Morgan fingerprint density at radius 2 is 1.82 bits per heavy atom. The van der Waals surface area contributed by atoms with Crippen LogP contribution in [0.25, 0.3) is 0 Å². The average molecular weight is 257 g/mol. The summed E-state index contributed by atoms with van der Waals surface area (Å²) in [5.41, 5.74) is 1.36. The van der Waals surface area contributed by atoms with Crippen LogP contribution in [0.15, 0.2) is 24.3 Å². The van der Waals surface area contributed by atoms with Gasteiger partial charge in [0.25, 0.3) is 0 Å². The highest BCUT2D eigenvalue weighted by atomic mass is 35.5. The summed E-state index contributed by atoms with van der Waals surface area (Å²) in [6, 6.07) is 8.29. The van der Waals surface area contributed by atoms with Crippen LogP contribution in [-0.2, 0) is 4.74 Å². The van der Waals surface area contributed by atoms with E-state index in [1.54, 1.807) is 0 Å². The van der Waals surface area contributed by atoms with Gasteiger partial charge in [-0.15, -0.1) is 11.6 Å². The highest BCUT2D eigenvalue weighted by Gasteiger charge is 2.02. The summed E-state index contributed by atoms with van der Waals surface area (Å²) in [5, 5.41) is 0. The molecule has 0 bridgehead atoms. The Kier molecular flexibility index (Phi) is 7.06. The first kappa shape index (κ1) is 14.3. The molecule has 1 atom stereocenters. The molecule has 0 radical (unpaired) electrons. The molecule has 96 valence electrons. The van der Waals surface area contributed by atoms with Gasteiger partial charge in [0, 0.05) is 5.88 Å². The van der Waals surface area contributed by atoms with E-state index < -0.39 is 0 Å². The maximum absolute atomic E-state index is 5.55. The SMILES string of the molecule is CCC(C)c1ccc(OCCOCCCl)cc1. The van der Waals surface area contributed by atoms with E-state index >= 15 is 0 Å². The zero-order valence-corrected chi connectivity index (χ0v) is 11.4. The van der Waals surface area contributed by atoms with Gasteiger partial charge < -0.3 is 9.47 Å². The van der Waals surface area contributed by atoms with Gasteiger partial charge in [0.1, 0.15) is 12.4 Å². The van der Waals surface area contributed by atoms with E-state index in [0.29, 0.717) is 31.6 Å². The molecule has 1 rings (SSSR count). The second-order valence-electron chi connectivity index (χ2n) is 4.03. The molecule has 1 unspecified atom stereocenters. The molecule has 0 aliphatic rings. The predicted octanol–water partition coefficient (Wildman–Crippen LogP) is 3.83. The minimum absolute atomic E-state index is 0.531. The molecular formula is C14H21ClO2. The first-order chi connectivity index (χ1) is 8.27. The Morgan fingerprint density at radius 3 is 2.41 bits per heavy atom. The van der Waals surface area contributed by atoms with Gasteiger partial charge in [-0.05, 0) is 30.0 Å². The minimum atomic E-state index is 0.531. The quantitative estimate of drug-likeness (QED) is 0.520. The van der Waals surface area contributed by atoms with Crippen molar-refractivity contribution in [2.24, 2.45) is 0 Å². The third-order valence-corrected chi connectivity index (χ3v) is 2.93.